The number of nitriles is 1. The second-order valence-electron chi connectivity index (χ2n) is 7.93. The molecule has 176 valence electrons. The quantitative estimate of drug-likeness (QED) is 0.372. The van der Waals surface area contributed by atoms with Crippen LogP contribution in [0, 0.1) is 11.3 Å². The van der Waals surface area contributed by atoms with Crippen LogP contribution in [0.15, 0.2) is 66.7 Å². The van der Waals surface area contributed by atoms with E-state index in [1.54, 1.807) is 43.3 Å². The molecule has 2 N–H and O–H groups in total. The van der Waals surface area contributed by atoms with Gasteiger partial charge in [-0.15, -0.1) is 0 Å². The fourth-order valence-electron chi connectivity index (χ4n) is 3.79. The Balaban J connectivity index is 1.49. The molecule has 0 radical (unpaired) electrons. The highest BCUT2D eigenvalue weighted by atomic mass is 16.5. The molecule has 0 bridgehead atoms. The number of nitrogens with zero attached hydrogens (tertiary/aromatic N) is 3. The van der Waals surface area contributed by atoms with Crippen LogP contribution >= 0.6 is 0 Å². The average molecular weight is 468 g/mol. The van der Waals surface area contributed by atoms with E-state index in [2.05, 4.69) is 16.7 Å². The van der Waals surface area contributed by atoms with Gasteiger partial charge in [0.25, 0.3) is 5.91 Å². The van der Waals surface area contributed by atoms with E-state index < -0.39 is 0 Å². The second kappa shape index (κ2) is 10.5. The van der Waals surface area contributed by atoms with Gasteiger partial charge in [0.2, 0.25) is 0 Å². The molecule has 1 amide bonds. The zero-order valence-electron chi connectivity index (χ0n) is 19.5. The Morgan fingerprint density at radius 2 is 1.80 bits per heavy atom. The van der Waals surface area contributed by atoms with Crippen molar-refractivity contribution in [3.05, 3.63) is 89.2 Å². The van der Waals surface area contributed by atoms with E-state index in [1.165, 1.54) is 0 Å². The lowest BCUT2D eigenvalue weighted by molar-refractivity contribution is -0.142. The molecular formula is C27H25N5O3. The third-order valence-electron chi connectivity index (χ3n) is 5.60. The van der Waals surface area contributed by atoms with Gasteiger partial charge in [0.05, 0.1) is 42.2 Å². The van der Waals surface area contributed by atoms with Crippen molar-refractivity contribution in [1.82, 2.24) is 9.55 Å². The minimum Gasteiger partial charge on any atom is -0.466 e. The summed E-state index contributed by atoms with van der Waals surface area (Å²) < 4.78 is 7.01. The van der Waals surface area contributed by atoms with Crippen molar-refractivity contribution < 1.29 is 14.3 Å². The van der Waals surface area contributed by atoms with Crippen molar-refractivity contribution in [2.45, 2.75) is 19.9 Å². The molecule has 0 spiro atoms. The molecule has 0 aliphatic carbocycles. The van der Waals surface area contributed by atoms with Crippen molar-refractivity contribution in [1.29, 1.82) is 5.26 Å². The van der Waals surface area contributed by atoms with Gasteiger partial charge in [-0.05, 0) is 61.0 Å². The molecular weight excluding hydrogens is 442 g/mol. The highest BCUT2D eigenvalue weighted by Crippen LogP contribution is 2.22. The number of hydrogen-bond acceptors (Lipinski definition) is 6. The summed E-state index contributed by atoms with van der Waals surface area (Å²) in [5.41, 5.74) is 4.83. The number of aromatic nitrogens is 2. The normalized spacial score (nSPS) is 10.5. The number of anilines is 2. The van der Waals surface area contributed by atoms with E-state index in [1.807, 2.05) is 41.9 Å². The number of ether oxygens (including phenoxy) is 1. The van der Waals surface area contributed by atoms with Crippen molar-refractivity contribution in [3.63, 3.8) is 0 Å². The van der Waals surface area contributed by atoms with Crippen molar-refractivity contribution >= 4 is 34.3 Å². The number of nitrogens with one attached hydrogen (secondary N) is 2. The minimum atomic E-state index is -0.371. The van der Waals surface area contributed by atoms with Gasteiger partial charge in [-0.3, -0.25) is 9.59 Å². The summed E-state index contributed by atoms with van der Waals surface area (Å²) in [6.07, 6.45) is 0.0340. The smallest absolute Gasteiger partial charge is 0.310 e. The summed E-state index contributed by atoms with van der Waals surface area (Å²) in [4.78, 5) is 29.6. The Kier molecular flexibility index (Phi) is 7.07. The lowest BCUT2D eigenvalue weighted by Gasteiger charge is -2.10. The van der Waals surface area contributed by atoms with E-state index in [0.29, 0.717) is 35.5 Å². The molecule has 8 heteroatoms. The third kappa shape index (κ3) is 5.47. The maximum atomic E-state index is 13.0. The molecule has 0 saturated carbocycles. The van der Waals surface area contributed by atoms with Gasteiger partial charge in [-0.25, -0.2) is 4.98 Å². The summed E-state index contributed by atoms with van der Waals surface area (Å²) in [5.74, 6) is 0.153. The Hall–Kier alpha value is -4.64. The van der Waals surface area contributed by atoms with E-state index in [4.69, 9.17) is 15.0 Å². The largest absolute Gasteiger partial charge is 0.466 e. The van der Waals surface area contributed by atoms with Crippen LogP contribution in [-0.4, -0.2) is 28.0 Å². The predicted molar refractivity (Wildman–Crippen MR) is 134 cm³/mol. The molecule has 1 aromatic heterocycles. The van der Waals surface area contributed by atoms with Gasteiger partial charge >= 0.3 is 5.97 Å². The number of hydrogen-bond donors (Lipinski definition) is 2. The van der Waals surface area contributed by atoms with Crippen molar-refractivity contribution in [2.75, 3.05) is 17.2 Å². The van der Waals surface area contributed by atoms with Crippen LogP contribution < -0.4 is 10.6 Å². The molecule has 3 aromatic carbocycles. The summed E-state index contributed by atoms with van der Waals surface area (Å²) in [5, 5.41) is 15.2. The number of aryl methyl sites for hydroxylation is 1. The second-order valence-corrected chi connectivity index (χ2v) is 7.93. The zero-order valence-corrected chi connectivity index (χ0v) is 19.5. The van der Waals surface area contributed by atoms with Crippen LogP contribution in [0.4, 0.5) is 11.4 Å². The van der Waals surface area contributed by atoms with Crippen LogP contribution in [0.3, 0.4) is 0 Å². The number of benzene rings is 3. The molecule has 4 rings (SSSR count). The van der Waals surface area contributed by atoms with Crippen LogP contribution in [0.5, 0.6) is 0 Å². The molecule has 0 aliphatic heterocycles. The number of amides is 1. The monoisotopic (exact) mass is 467 g/mol. The van der Waals surface area contributed by atoms with Crippen molar-refractivity contribution in [3.8, 4) is 6.07 Å². The fourth-order valence-corrected chi connectivity index (χ4v) is 3.79. The van der Waals surface area contributed by atoms with E-state index >= 15 is 0 Å². The van der Waals surface area contributed by atoms with Crippen LogP contribution in [0.25, 0.3) is 11.0 Å². The first-order chi connectivity index (χ1) is 17.0. The molecule has 0 saturated heterocycles. The average Bonchev–Trinajstić information content (AvgIpc) is 3.18. The van der Waals surface area contributed by atoms with Gasteiger partial charge in [-0.1, -0.05) is 18.2 Å². The predicted octanol–water partition coefficient (Wildman–Crippen LogP) is 4.41. The molecule has 0 fully saturated rings. The summed E-state index contributed by atoms with van der Waals surface area (Å²) in [7, 11) is 1.94. The number of carbonyl (C=O) groups is 2. The standard InChI is InChI=1S/C27H25N5O3/c1-3-35-26(33)14-19-6-4-5-7-22(19)27(34)30-21-12-13-24-23(15-21)31-25(32(24)2)17-29-20-10-8-18(16-28)9-11-20/h4-13,15,29H,3,14,17H2,1-2H3,(H,30,34). The van der Waals surface area contributed by atoms with Crippen LogP contribution in [0.1, 0.15) is 34.2 Å². The lowest BCUT2D eigenvalue weighted by Crippen LogP contribution is -2.16. The summed E-state index contributed by atoms with van der Waals surface area (Å²) in [6, 6.07) is 21.9. The topological polar surface area (TPSA) is 109 Å². The summed E-state index contributed by atoms with van der Waals surface area (Å²) in [6.45, 7) is 2.54. The van der Waals surface area contributed by atoms with Crippen molar-refractivity contribution in [2.24, 2.45) is 7.05 Å². The molecule has 0 unspecified atom stereocenters. The fraction of sp³-hybridized carbons (Fsp3) is 0.185. The first kappa shape index (κ1) is 23.5. The number of imidazole rings is 1. The number of esters is 1. The SMILES string of the molecule is CCOC(=O)Cc1ccccc1C(=O)Nc1ccc2c(c1)nc(CNc1ccc(C#N)cc1)n2C. The third-order valence-corrected chi connectivity index (χ3v) is 5.60. The minimum absolute atomic E-state index is 0.0340. The molecule has 1 heterocycles. The van der Waals surface area contributed by atoms with Gasteiger partial charge in [0, 0.05) is 24.0 Å². The maximum Gasteiger partial charge on any atom is 0.310 e. The molecule has 0 atom stereocenters. The highest BCUT2D eigenvalue weighted by Gasteiger charge is 2.15. The van der Waals surface area contributed by atoms with E-state index in [0.717, 1.165) is 22.5 Å². The molecule has 0 aliphatic rings. The first-order valence-electron chi connectivity index (χ1n) is 11.2. The van der Waals surface area contributed by atoms with E-state index in [-0.39, 0.29) is 18.3 Å². The maximum absolute atomic E-state index is 13.0. The van der Waals surface area contributed by atoms with Crippen LogP contribution in [-0.2, 0) is 29.5 Å². The van der Waals surface area contributed by atoms with Crippen LogP contribution in [0.2, 0.25) is 0 Å². The Labute approximate surface area is 203 Å². The zero-order chi connectivity index (χ0) is 24.8. The lowest BCUT2D eigenvalue weighted by atomic mass is 10.0. The number of rotatable bonds is 8. The first-order valence-corrected chi connectivity index (χ1v) is 11.2. The Bertz CT molecular complexity index is 1420. The molecule has 4 aromatic rings. The number of fused-ring (bicyclic) bond motifs is 1. The van der Waals surface area contributed by atoms with Gasteiger partial charge in [0.15, 0.2) is 0 Å². The highest BCUT2D eigenvalue weighted by molar-refractivity contribution is 6.06. The van der Waals surface area contributed by atoms with Gasteiger partial charge < -0.3 is 19.9 Å². The number of carbonyl (C=O) groups excluding carboxylic acids is 2. The summed E-state index contributed by atoms with van der Waals surface area (Å²) >= 11 is 0. The van der Waals surface area contributed by atoms with E-state index in [9.17, 15) is 9.59 Å². The van der Waals surface area contributed by atoms with Gasteiger partial charge in [-0.2, -0.15) is 5.26 Å². The molecule has 35 heavy (non-hydrogen) atoms. The Morgan fingerprint density at radius 3 is 2.54 bits per heavy atom. The molecule has 8 nitrogen and oxygen atoms in total. The Morgan fingerprint density at radius 1 is 1.06 bits per heavy atom. The van der Waals surface area contributed by atoms with Gasteiger partial charge in [0.1, 0.15) is 5.82 Å².